The van der Waals surface area contributed by atoms with Crippen LogP contribution in [0.4, 0.5) is 8.78 Å². The van der Waals surface area contributed by atoms with Crippen LogP contribution in [-0.2, 0) is 49.8 Å². The van der Waals surface area contributed by atoms with E-state index in [4.69, 9.17) is 10.1 Å². The van der Waals surface area contributed by atoms with E-state index >= 15 is 8.78 Å². The molecule has 2 aromatic carbocycles. The Morgan fingerprint density at radius 1 is 1.06 bits per heavy atom. The summed E-state index contributed by atoms with van der Waals surface area (Å²) in [7, 11) is -6.97. The van der Waals surface area contributed by atoms with Gasteiger partial charge in [-0.05, 0) is 72.9 Å². The second kappa shape index (κ2) is 13.5. The first-order valence-electron chi connectivity index (χ1n) is 17.0. The summed E-state index contributed by atoms with van der Waals surface area (Å²) in [5.74, 6) is -4.60. The molecule has 5 aromatic rings. The zero-order valence-electron chi connectivity index (χ0n) is 29.6. The van der Waals surface area contributed by atoms with Crippen LogP contribution in [0.1, 0.15) is 69.5 Å². The average Bonchev–Trinajstić information content (AvgIpc) is 3.72. The Kier molecular flexibility index (Phi) is 9.66. The van der Waals surface area contributed by atoms with Crippen molar-refractivity contribution in [3.05, 3.63) is 89.0 Å². The Balaban J connectivity index is 1.55. The lowest BCUT2D eigenvalue weighted by molar-refractivity contribution is -0.141. The van der Waals surface area contributed by atoms with Gasteiger partial charge in [0, 0.05) is 24.8 Å². The van der Waals surface area contributed by atoms with Crippen LogP contribution < -0.4 is 0 Å². The number of aryl methyl sites for hydroxylation is 2. The molecule has 4 heterocycles. The number of carboxylic acid groups (broad SMARTS) is 1. The Hall–Kier alpha value is -4.50. The highest BCUT2D eigenvalue weighted by molar-refractivity contribution is 7.92. The number of aromatic nitrogens is 5. The SMILES string of the molecule is C[C@H](Cc1cccc([C@@]2(C)CCCC(C)(C)CS(=O)(=O)CCc3c(c(F)c(F)c4[nH]ccc34)S(=O)(=O)c3ccnc(c3)-c3nc2nn3C)c1)C(=O)O. The first kappa shape index (κ1) is 37.3. The predicted molar refractivity (Wildman–Crippen MR) is 191 cm³/mol. The van der Waals surface area contributed by atoms with E-state index in [1.165, 1.54) is 35.3 Å². The molecule has 2 atom stereocenters. The Bertz CT molecular complexity index is 2420. The third-order valence-electron chi connectivity index (χ3n) is 10.1. The summed E-state index contributed by atoms with van der Waals surface area (Å²) in [6.07, 6.45) is 4.09. The number of pyridine rings is 1. The van der Waals surface area contributed by atoms with E-state index in [9.17, 15) is 26.7 Å². The number of sulfone groups is 2. The maximum Gasteiger partial charge on any atom is 0.306 e. The van der Waals surface area contributed by atoms with Gasteiger partial charge < -0.3 is 10.1 Å². The number of aliphatic carboxylic acids is 1. The highest BCUT2D eigenvalue weighted by atomic mass is 32.2. The van der Waals surface area contributed by atoms with Crippen molar-refractivity contribution in [2.75, 3.05) is 11.5 Å². The summed E-state index contributed by atoms with van der Waals surface area (Å²) in [6.45, 7) is 7.31. The number of halogens is 2. The van der Waals surface area contributed by atoms with E-state index in [2.05, 4.69) is 9.97 Å². The molecule has 0 saturated heterocycles. The third-order valence-corrected chi connectivity index (χ3v) is 14.0. The normalized spacial score (nSPS) is 20.8. The molecule has 0 radical (unpaired) electrons. The highest BCUT2D eigenvalue weighted by Crippen LogP contribution is 2.40. The standard InChI is InChI=1S/C37H41F2N5O6S2/c1-22(34(45)46)18-23-8-6-9-24(19-23)37(4)14-7-13-36(2,3)21-51(47,48)17-12-27-26-11-16-41-31(26)29(38)30(39)32(27)52(49,50)25-10-15-40-28(20-25)33-42-35(37)43-44(33)5/h6,8-11,15-16,19-20,22,41H,7,12-14,17-18,21H2,1-5H3,(H,45,46)/t22-,37-/m1/s1. The van der Waals surface area contributed by atoms with Crippen LogP contribution in [0.5, 0.6) is 0 Å². The fourth-order valence-electron chi connectivity index (χ4n) is 7.24. The number of nitrogens with one attached hydrogen (secondary N) is 1. The van der Waals surface area contributed by atoms with E-state index in [1.54, 1.807) is 14.0 Å². The molecule has 0 saturated carbocycles. The number of carbonyl (C=O) groups is 1. The van der Waals surface area contributed by atoms with Crippen molar-refractivity contribution in [2.45, 2.75) is 75.0 Å². The molecule has 0 unspecified atom stereocenters. The molecule has 276 valence electrons. The molecule has 11 nitrogen and oxygen atoms in total. The average molecular weight is 754 g/mol. The maximum absolute atomic E-state index is 15.9. The summed E-state index contributed by atoms with van der Waals surface area (Å²) in [4.78, 5) is 22.2. The van der Waals surface area contributed by atoms with Crippen LogP contribution in [0.15, 0.2) is 64.6 Å². The smallest absolute Gasteiger partial charge is 0.306 e. The number of fused-ring (bicyclic) bond motifs is 8. The van der Waals surface area contributed by atoms with Gasteiger partial charge in [-0.2, -0.15) is 5.10 Å². The molecular formula is C37H41F2N5O6S2. The van der Waals surface area contributed by atoms with E-state index < -0.39 is 64.7 Å². The minimum Gasteiger partial charge on any atom is -0.481 e. The monoisotopic (exact) mass is 753 g/mol. The molecule has 1 aliphatic heterocycles. The van der Waals surface area contributed by atoms with Gasteiger partial charge in [-0.3, -0.25) is 9.78 Å². The van der Waals surface area contributed by atoms with Crippen molar-refractivity contribution in [3.63, 3.8) is 0 Å². The summed E-state index contributed by atoms with van der Waals surface area (Å²) in [6, 6.07) is 11.4. The topological polar surface area (TPSA) is 165 Å². The zero-order valence-corrected chi connectivity index (χ0v) is 31.2. The van der Waals surface area contributed by atoms with E-state index in [0.717, 1.165) is 11.1 Å². The molecule has 15 heteroatoms. The van der Waals surface area contributed by atoms with Crippen molar-refractivity contribution in [3.8, 4) is 11.5 Å². The lowest BCUT2D eigenvalue weighted by Crippen LogP contribution is -2.29. The van der Waals surface area contributed by atoms with Gasteiger partial charge in [0.25, 0.3) is 0 Å². The fourth-order valence-corrected chi connectivity index (χ4v) is 10.8. The van der Waals surface area contributed by atoms with Crippen molar-refractivity contribution in [1.29, 1.82) is 0 Å². The van der Waals surface area contributed by atoms with Gasteiger partial charge in [0.15, 0.2) is 33.1 Å². The number of hydrogen-bond donors (Lipinski definition) is 2. The molecule has 0 spiro atoms. The summed E-state index contributed by atoms with van der Waals surface area (Å²) < 4.78 is 88.7. The molecule has 0 fully saturated rings. The number of benzene rings is 2. The fraction of sp³-hybridized carbons (Fsp3) is 0.405. The first-order valence-corrected chi connectivity index (χ1v) is 20.3. The maximum atomic E-state index is 15.9. The molecular weight excluding hydrogens is 713 g/mol. The van der Waals surface area contributed by atoms with Crippen molar-refractivity contribution >= 4 is 36.5 Å². The van der Waals surface area contributed by atoms with Crippen LogP contribution in [0.2, 0.25) is 0 Å². The number of rotatable bonds is 4. The van der Waals surface area contributed by atoms with Crippen LogP contribution in [0, 0.1) is 23.0 Å². The minimum atomic E-state index is -4.78. The molecule has 0 aliphatic carbocycles. The second-order valence-corrected chi connectivity index (χ2v) is 18.9. The quantitative estimate of drug-likeness (QED) is 0.217. The zero-order chi connectivity index (χ0) is 37.8. The van der Waals surface area contributed by atoms with Gasteiger partial charge in [0.1, 0.15) is 10.6 Å². The summed E-state index contributed by atoms with van der Waals surface area (Å²) in [5.41, 5.74) is -0.176. The van der Waals surface area contributed by atoms with Crippen LogP contribution in [0.3, 0.4) is 0 Å². The van der Waals surface area contributed by atoms with Gasteiger partial charge in [-0.1, -0.05) is 51.5 Å². The highest BCUT2D eigenvalue weighted by Gasteiger charge is 2.37. The summed E-state index contributed by atoms with van der Waals surface area (Å²) >= 11 is 0. The predicted octanol–water partition coefficient (Wildman–Crippen LogP) is 6.21. The van der Waals surface area contributed by atoms with Crippen LogP contribution in [-0.4, -0.2) is 64.1 Å². The van der Waals surface area contributed by atoms with Gasteiger partial charge in [-0.15, -0.1) is 0 Å². The largest absolute Gasteiger partial charge is 0.481 e. The van der Waals surface area contributed by atoms with Crippen LogP contribution in [0.25, 0.3) is 22.4 Å². The lowest BCUT2D eigenvalue weighted by atomic mass is 9.75. The summed E-state index contributed by atoms with van der Waals surface area (Å²) in [5, 5.41) is 14.4. The number of H-pyrrole nitrogens is 1. The number of carboxylic acids is 1. The lowest BCUT2D eigenvalue weighted by Gasteiger charge is -2.31. The van der Waals surface area contributed by atoms with Gasteiger partial charge in [0.2, 0.25) is 9.84 Å². The van der Waals surface area contributed by atoms with E-state index in [1.807, 2.05) is 45.0 Å². The van der Waals surface area contributed by atoms with Crippen molar-refractivity contribution in [2.24, 2.45) is 18.4 Å². The number of nitrogens with zero attached hydrogens (tertiary/aromatic N) is 4. The first-order chi connectivity index (χ1) is 24.3. The Morgan fingerprint density at radius 3 is 2.54 bits per heavy atom. The number of hydrogen-bond acceptors (Lipinski definition) is 8. The van der Waals surface area contributed by atoms with Gasteiger partial charge >= 0.3 is 5.97 Å². The minimum absolute atomic E-state index is 0.0781. The van der Waals surface area contributed by atoms with Crippen molar-refractivity contribution < 1.29 is 35.5 Å². The van der Waals surface area contributed by atoms with Gasteiger partial charge in [0.05, 0.1) is 33.3 Å². The molecule has 3 aromatic heterocycles. The van der Waals surface area contributed by atoms with E-state index in [0.29, 0.717) is 31.5 Å². The van der Waals surface area contributed by atoms with Crippen molar-refractivity contribution in [1.82, 2.24) is 24.7 Å². The molecule has 0 amide bonds. The second-order valence-electron chi connectivity index (χ2n) is 14.8. The van der Waals surface area contributed by atoms with E-state index in [-0.39, 0.29) is 45.1 Å². The molecule has 6 rings (SSSR count). The third kappa shape index (κ3) is 6.99. The van der Waals surface area contributed by atoms with Crippen LogP contribution >= 0.6 is 0 Å². The molecule has 1 aliphatic rings. The Morgan fingerprint density at radius 2 is 1.81 bits per heavy atom. The molecule has 52 heavy (non-hydrogen) atoms. The van der Waals surface area contributed by atoms with Gasteiger partial charge in [-0.25, -0.2) is 35.3 Å². The Labute approximate surface area is 301 Å². The molecule has 4 bridgehead atoms. The molecule has 2 N–H and O–H groups in total. The number of aromatic amines is 1.